The number of ether oxygens (including phenoxy) is 2. The molecule has 4 N–H and O–H groups in total. The van der Waals surface area contributed by atoms with Gasteiger partial charge in [0.05, 0.1) is 11.6 Å². The third-order valence-electron chi connectivity index (χ3n) is 6.24. The average Bonchev–Trinajstić information content (AvgIpc) is 2.83. The van der Waals surface area contributed by atoms with Crippen LogP contribution in [-0.2, 0) is 25.5 Å². The van der Waals surface area contributed by atoms with Crippen LogP contribution in [0.3, 0.4) is 0 Å². The van der Waals surface area contributed by atoms with Gasteiger partial charge in [-0.3, -0.25) is 9.59 Å². The molecule has 2 aromatic rings. The standard InChI is InChI=1S/C28H34N4O5/c1-18-15-21(9-10-22(18)17-29)20-7-5-19(6-8-20)16-23(24(30)33)31-25(34)28(11-13-36-14-12-28)32-26(35)37-27(2,3)4/h5-10,15,23H,11-14,16H2,1-4H3,(H2,30,33)(H,31,34)(H,32,35)/t23-/m0/s1. The summed E-state index contributed by atoms with van der Waals surface area (Å²) in [4.78, 5) is 38.1. The molecule has 1 heterocycles. The molecule has 9 nitrogen and oxygen atoms in total. The molecule has 1 saturated heterocycles. The van der Waals surface area contributed by atoms with E-state index in [0.717, 1.165) is 22.3 Å². The Morgan fingerprint density at radius 1 is 1.11 bits per heavy atom. The van der Waals surface area contributed by atoms with E-state index in [4.69, 9.17) is 20.5 Å². The summed E-state index contributed by atoms with van der Waals surface area (Å²) < 4.78 is 10.7. The maximum absolute atomic E-state index is 13.4. The number of hydrogen-bond acceptors (Lipinski definition) is 6. The van der Waals surface area contributed by atoms with Gasteiger partial charge in [-0.25, -0.2) is 4.79 Å². The van der Waals surface area contributed by atoms with Gasteiger partial charge < -0.3 is 25.8 Å². The highest BCUT2D eigenvalue weighted by molar-refractivity contribution is 5.94. The van der Waals surface area contributed by atoms with Crippen LogP contribution < -0.4 is 16.4 Å². The Hall–Kier alpha value is -3.90. The van der Waals surface area contributed by atoms with Crippen molar-refractivity contribution in [1.82, 2.24) is 10.6 Å². The van der Waals surface area contributed by atoms with Gasteiger partial charge in [-0.1, -0.05) is 36.4 Å². The lowest BCUT2D eigenvalue weighted by Crippen LogP contribution is -2.64. The highest BCUT2D eigenvalue weighted by Crippen LogP contribution is 2.25. The van der Waals surface area contributed by atoms with Crippen molar-refractivity contribution < 1.29 is 23.9 Å². The van der Waals surface area contributed by atoms with Gasteiger partial charge in [0, 0.05) is 32.5 Å². The molecule has 0 aliphatic carbocycles. The summed E-state index contributed by atoms with van der Waals surface area (Å²) in [5.41, 5.74) is 7.89. The second-order valence-electron chi connectivity index (χ2n) is 10.3. The minimum absolute atomic E-state index is 0.187. The third kappa shape index (κ3) is 7.30. The van der Waals surface area contributed by atoms with Gasteiger partial charge in [0.2, 0.25) is 11.8 Å². The summed E-state index contributed by atoms with van der Waals surface area (Å²) >= 11 is 0. The van der Waals surface area contributed by atoms with Crippen molar-refractivity contribution in [2.45, 2.75) is 64.1 Å². The fourth-order valence-electron chi connectivity index (χ4n) is 4.18. The van der Waals surface area contributed by atoms with Gasteiger partial charge in [0.25, 0.3) is 0 Å². The Balaban J connectivity index is 1.73. The molecule has 1 atom stereocenters. The number of primary amides is 1. The summed E-state index contributed by atoms with van der Waals surface area (Å²) in [5, 5.41) is 14.6. The lowest BCUT2D eigenvalue weighted by atomic mass is 9.88. The van der Waals surface area contributed by atoms with Gasteiger partial charge in [-0.2, -0.15) is 5.26 Å². The van der Waals surface area contributed by atoms with Crippen LogP contribution in [0.25, 0.3) is 11.1 Å². The van der Waals surface area contributed by atoms with Crippen LogP contribution in [0, 0.1) is 18.3 Å². The summed E-state index contributed by atoms with van der Waals surface area (Å²) in [6.07, 6.45) is -0.0501. The van der Waals surface area contributed by atoms with Gasteiger partial charge in [-0.15, -0.1) is 0 Å². The van der Waals surface area contributed by atoms with E-state index in [9.17, 15) is 14.4 Å². The van der Waals surface area contributed by atoms with Crippen LogP contribution in [0.1, 0.15) is 50.3 Å². The molecule has 0 spiro atoms. The third-order valence-corrected chi connectivity index (χ3v) is 6.24. The van der Waals surface area contributed by atoms with Crippen LogP contribution >= 0.6 is 0 Å². The minimum atomic E-state index is -1.27. The molecule has 9 heteroatoms. The van der Waals surface area contributed by atoms with E-state index in [1.165, 1.54) is 0 Å². The lowest BCUT2D eigenvalue weighted by molar-refractivity contribution is -0.135. The zero-order chi connectivity index (χ0) is 27.2. The first-order valence-corrected chi connectivity index (χ1v) is 12.2. The molecule has 2 aromatic carbocycles. The molecule has 1 aliphatic heterocycles. The van der Waals surface area contributed by atoms with Gasteiger partial charge >= 0.3 is 6.09 Å². The SMILES string of the molecule is Cc1cc(-c2ccc(C[C@H](NC(=O)C3(NC(=O)OC(C)(C)C)CCOCC3)C(N)=O)cc2)ccc1C#N. The van der Waals surface area contributed by atoms with Crippen LogP contribution in [-0.4, -0.2) is 48.3 Å². The summed E-state index contributed by atoms with van der Waals surface area (Å²) in [6.45, 7) is 7.65. The molecule has 0 radical (unpaired) electrons. The van der Waals surface area contributed by atoms with E-state index in [0.29, 0.717) is 5.56 Å². The second-order valence-corrected chi connectivity index (χ2v) is 10.3. The largest absolute Gasteiger partial charge is 0.444 e. The summed E-state index contributed by atoms with van der Waals surface area (Å²) in [6, 6.07) is 14.4. The Labute approximate surface area is 217 Å². The Kier molecular flexibility index (Phi) is 8.56. The van der Waals surface area contributed by atoms with Crippen LogP contribution in [0.15, 0.2) is 42.5 Å². The van der Waals surface area contributed by atoms with Crippen molar-refractivity contribution in [2.24, 2.45) is 5.73 Å². The molecular weight excluding hydrogens is 472 g/mol. The number of hydrogen-bond donors (Lipinski definition) is 3. The van der Waals surface area contributed by atoms with Crippen LogP contribution in [0.5, 0.6) is 0 Å². The van der Waals surface area contributed by atoms with Gasteiger partial charge in [-0.05, 0) is 56.0 Å². The smallest absolute Gasteiger partial charge is 0.408 e. The summed E-state index contributed by atoms with van der Waals surface area (Å²) in [7, 11) is 0. The number of carbonyl (C=O) groups is 3. The van der Waals surface area contributed by atoms with Gasteiger partial charge in [0.1, 0.15) is 17.2 Å². The van der Waals surface area contributed by atoms with Gasteiger partial charge in [0.15, 0.2) is 0 Å². The number of nitriles is 1. The molecular formula is C28H34N4O5. The van der Waals surface area contributed by atoms with E-state index in [2.05, 4.69) is 16.7 Å². The van der Waals surface area contributed by atoms with E-state index in [1.807, 2.05) is 43.3 Å². The van der Waals surface area contributed by atoms with Crippen molar-refractivity contribution in [2.75, 3.05) is 13.2 Å². The number of nitrogens with zero attached hydrogens (tertiary/aromatic N) is 1. The second kappa shape index (κ2) is 11.4. The quantitative estimate of drug-likeness (QED) is 0.526. The number of nitrogens with one attached hydrogen (secondary N) is 2. The van der Waals surface area contributed by atoms with E-state index in [1.54, 1.807) is 26.8 Å². The molecule has 1 fully saturated rings. The zero-order valence-corrected chi connectivity index (χ0v) is 21.7. The fraction of sp³-hybridized carbons (Fsp3) is 0.429. The molecule has 0 aromatic heterocycles. The first-order valence-electron chi connectivity index (χ1n) is 12.2. The van der Waals surface area contributed by atoms with E-state index < -0.39 is 35.1 Å². The van der Waals surface area contributed by atoms with Crippen LogP contribution in [0.2, 0.25) is 0 Å². The van der Waals surface area contributed by atoms with E-state index >= 15 is 0 Å². The van der Waals surface area contributed by atoms with Crippen molar-refractivity contribution in [3.05, 3.63) is 59.2 Å². The number of nitrogens with two attached hydrogens (primary N) is 1. The predicted octanol–water partition coefficient (Wildman–Crippen LogP) is 3.12. The number of aryl methyl sites for hydroxylation is 1. The number of benzene rings is 2. The molecule has 0 saturated carbocycles. The highest BCUT2D eigenvalue weighted by atomic mass is 16.6. The number of carbonyl (C=O) groups excluding carboxylic acids is 3. The van der Waals surface area contributed by atoms with Crippen molar-refractivity contribution in [3.8, 4) is 17.2 Å². The number of alkyl carbamates (subject to hydrolysis) is 1. The van der Waals surface area contributed by atoms with Crippen LogP contribution in [0.4, 0.5) is 4.79 Å². The molecule has 37 heavy (non-hydrogen) atoms. The van der Waals surface area contributed by atoms with E-state index in [-0.39, 0.29) is 32.5 Å². The lowest BCUT2D eigenvalue weighted by Gasteiger charge is -2.37. The molecule has 1 aliphatic rings. The monoisotopic (exact) mass is 506 g/mol. The molecule has 0 bridgehead atoms. The average molecular weight is 507 g/mol. The predicted molar refractivity (Wildman–Crippen MR) is 138 cm³/mol. The highest BCUT2D eigenvalue weighted by Gasteiger charge is 2.43. The van der Waals surface area contributed by atoms with Crippen molar-refractivity contribution >= 4 is 17.9 Å². The summed E-state index contributed by atoms with van der Waals surface area (Å²) in [5.74, 6) is -1.19. The molecule has 196 valence electrons. The Morgan fingerprint density at radius 2 is 1.73 bits per heavy atom. The first-order chi connectivity index (χ1) is 17.4. The maximum Gasteiger partial charge on any atom is 0.408 e. The zero-order valence-electron chi connectivity index (χ0n) is 21.7. The normalized spacial score (nSPS) is 15.6. The Morgan fingerprint density at radius 3 is 2.27 bits per heavy atom. The number of amides is 3. The molecule has 0 unspecified atom stereocenters. The Bertz CT molecular complexity index is 1190. The number of rotatable bonds is 7. The van der Waals surface area contributed by atoms with Crippen molar-refractivity contribution in [1.29, 1.82) is 5.26 Å². The fourth-order valence-corrected chi connectivity index (χ4v) is 4.18. The van der Waals surface area contributed by atoms with Crippen molar-refractivity contribution in [3.63, 3.8) is 0 Å². The topological polar surface area (TPSA) is 144 Å². The maximum atomic E-state index is 13.4. The molecule has 3 rings (SSSR count). The minimum Gasteiger partial charge on any atom is -0.444 e. The molecule has 3 amide bonds. The first kappa shape index (κ1) is 27.7.